The third kappa shape index (κ3) is 3.63. The highest BCUT2D eigenvalue weighted by atomic mass is 16.2. The predicted octanol–water partition coefficient (Wildman–Crippen LogP) is 2.89. The van der Waals surface area contributed by atoms with Crippen LogP contribution in [0.5, 0.6) is 0 Å². The molecule has 1 atom stereocenters. The minimum atomic E-state index is -0.266. The molecule has 114 valence electrons. The second-order valence-electron chi connectivity index (χ2n) is 6.94. The number of benzene rings is 1. The topological polar surface area (TPSA) is 49.4 Å². The average Bonchev–Trinajstić information content (AvgIpc) is 2.69. The van der Waals surface area contributed by atoms with Gasteiger partial charge in [-0.1, -0.05) is 6.07 Å². The van der Waals surface area contributed by atoms with Gasteiger partial charge in [-0.2, -0.15) is 0 Å². The van der Waals surface area contributed by atoms with E-state index in [-0.39, 0.29) is 23.3 Å². The van der Waals surface area contributed by atoms with Crippen molar-refractivity contribution in [3.63, 3.8) is 0 Å². The molecular weight excluding hydrogens is 264 g/mol. The van der Waals surface area contributed by atoms with Crippen molar-refractivity contribution in [3.05, 3.63) is 29.3 Å². The first-order valence-corrected chi connectivity index (χ1v) is 7.36. The molecular formula is C17H24N2O2. The fraction of sp³-hybridized carbons (Fsp3) is 0.529. The third-order valence-electron chi connectivity index (χ3n) is 3.79. The number of amides is 2. The van der Waals surface area contributed by atoms with Gasteiger partial charge in [0.25, 0.3) is 0 Å². The molecule has 1 heterocycles. The maximum atomic E-state index is 12.4. The monoisotopic (exact) mass is 288 g/mol. The SMILES string of the molecule is Cc1cc(C)cc(NC(=O)[C@H]2CC(=O)N(C(C)(C)C)C2)c1. The van der Waals surface area contributed by atoms with Gasteiger partial charge in [0.1, 0.15) is 0 Å². The molecule has 1 N–H and O–H groups in total. The Balaban J connectivity index is 2.07. The van der Waals surface area contributed by atoms with Crippen molar-refractivity contribution < 1.29 is 9.59 Å². The smallest absolute Gasteiger partial charge is 0.229 e. The first kappa shape index (κ1) is 15.5. The fourth-order valence-corrected chi connectivity index (χ4v) is 2.82. The second-order valence-corrected chi connectivity index (χ2v) is 6.94. The summed E-state index contributed by atoms with van der Waals surface area (Å²) in [6.07, 6.45) is 0.300. The van der Waals surface area contributed by atoms with E-state index in [1.54, 1.807) is 4.90 Å². The van der Waals surface area contributed by atoms with E-state index in [9.17, 15) is 9.59 Å². The van der Waals surface area contributed by atoms with Crippen molar-refractivity contribution in [2.45, 2.75) is 46.6 Å². The van der Waals surface area contributed by atoms with Crippen molar-refractivity contribution in [3.8, 4) is 0 Å². The number of nitrogens with one attached hydrogen (secondary N) is 1. The fourth-order valence-electron chi connectivity index (χ4n) is 2.82. The van der Waals surface area contributed by atoms with Gasteiger partial charge in [0.15, 0.2) is 0 Å². The predicted molar refractivity (Wildman–Crippen MR) is 84.1 cm³/mol. The number of rotatable bonds is 2. The van der Waals surface area contributed by atoms with Gasteiger partial charge in [-0.15, -0.1) is 0 Å². The Hall–Kier alpha value is -1.84. The summed E-state index contributed by atoms with van der Waals surface area (Å²) in [7, 11) is 0. The van der Waals surface area contributed by atoms with E-state index in [2.05, 4.69) is 11.4 Å². The minimum absolute atomic E-state index is 0.0584. The maximum absolute atomic E-state index is 12.4. The molecule has 0 unspecified atom stereocenters. The maximum Gasteiger partial charge on any atom is 0.229 e. The van der Waals surface area contributed by atoms with Crippen LogP contribution in [0.4, 0.5) is 5.69 Å². The number of carbonyl (C=O) groups excluding carboxylic acids is 2. The van der Waals surface area contributed by atoms with E-state index >= 15 is 0 Å². The molecule has 0 saturated carbocycles. The summed E-state index contributed by atoms with van der Waals surface area (Å²) in [6, 6.07) is 5.96. The van der Waals surface area contributed by atoms with Crippen LogP contribution in [-0.2, 0) is 9.59 Å². The Labute approximate surface area is 126 Å². The number of anilines is 1. The molecule has 21 heavy (non-hydrogen) atoms. The highest BCUT2D eigenvalue weighted by Gasteiger charge is 2.39. The number of hydrogen-bond donors (Lipinski definition) is 1. The van der Waals surface area contributed by atoms with Gasteiger partial charge >= 0.3 is 0 Å². The Morgan fingerprint density at radius 1 is 1.19 bits per heavy atom. The zero-order valence-corrected chi connectivity index (χ0v) is 13.5. The number of aryl methyl sites for hydroxylation is 2. The summed E-state index contributed by atoms with van der Waals surface area (Å²) >= 11 is 0. The minimum Gasteiger partial charge on any atom is -0.337 e. The summed E-state index contributed by atoms with van der Waals surface area (Å²) in [5, 5.41) is 2.94. The molecule has 4 nitrogen and oxygen atoms in total. The van der Waals surface area contributed by atoms with E-state index < -0.39 is 0 Å². The number of hydrogen-bond acceptors (Lipinski definition) is 2. The summed E-state index contributed by atoms with van der Waals surface area (Å²) in [4.78, 5) is 26.2. The second kappa shape index (κ2) is 5.51. The molecule has 1 fully saturated rings. The van der Waals surface area contributed by atoms with E-state index in [4.69, 9.17) is 0 Å². The van der Waals surface area contributed by atoms with Crippen molar-refractivity contribution in [2.24, 2.45) is 5.92 Å². The largest absolute Gasteiger partial charge is 0.337 e. The van der Waals surface area contributed by atoms with Crippen LogP contribution in [0.25, 0.3) is 0 Å². The molecule has 0 aliphatic carbocycles. The molecule has 1 saturated heterocycles. The molecule has 4 heteroatoms. The Morgan fingerprint density at radius 2 is 1.76 bits per heavy atom. The van der Waals surface area contributed by atoms with Crippen LogP contribution in [0.2, 0.25) is 0 Å². The average molecular weight is 288 g/mol. The van der Waals surface area contributed by atoms with Crippen LogP contribution < -0.4 is 5.32 Å². The van der Waals surface area contributed by atoms with E-state index in [1.165, 1.54) is 0 Å². The van der Waals surface area contributed by atoms with Crippen molar-refractivity contribution in [1.29, 1.82) is 0 Å². The van der Waals surface area contributed by atoms with Crippen molar-refractivity contribution in [2.75, 3.05) is 11.9 Å². The standard InChI is InChI=1S/C17H24N2O2/c1-11-6-12(2)8-14(7-11)18-16(21)13-9-15(20)19(10-13)17(3,4)5/h6-8,13H,9-10H2,1-5H3,(H,18,21)/t13-/m0/s1. The number of nitrogens with zero attached hydrogens (tertiary/aromatic N) is 1. The summed E-state index contributed by atoms with van der Waals surface area (Å²) in [5.74, 6) is -0.277. The lowest BCUT2D eigenvalue weighted by molar-refractivity contribution is -0.131. The number of likely N-dealkylation sites (tertiary alicyclic amines) is 1. The molecule has 2 amide bonds. The van der Waals surface area contributed by atoms with Gasteiger partial charge in [0.2, 0.25) is 11.8 Å². The van der Waals surface area contributed by atoms with Crippen LogP contribution in [0.1, 0.15) is 38.3 Å². The summed E-state index contributed by atoms with van der Waals surface area (Å²) in [5.41, 5.74) is 2.80. The van der Waals surface area contributed by atoms with Gasteiger partial charge in [-0.05, 0) is 57.9 Å². The van der Waals surface area contributed by atoms with Crippen LogP contribution in [-0.4, -0.2) is 28.8 Å². The van der Waals surface area contributed by atoms with Gasteiger partial charge in [0.05, 0.1) is 5.92 Å². The van der Waals surface area contributed by atoms with Crippen LogP contribution >= 0.6 is 0 Å². The lowest BCUT2D eigenvalue weighted by Gasteiger charge is -2.31. The molecule has 0 radical (unpaired) electrons. The zero-order valence-electron chi connectivity index (χ0n) is 13.5. The van der Waals surface area contributed by atoms with Gasteiger partial charge in [-0.3, -0.25) is 9.59 Å². The lowest BCUT2D eigenvalue weighted by atomic mass is 10.1. The normalized spacial score (nSPS) is 19.0. The van der Waals surface area contributed by atoms with Crippen LogP contribution in [0.3, 0.4) is 0 Å². The van der Waals surface area contributed by atoms with E-state index in [1.807, 2.05) is 46.8 Å². The lowest BCUT2D eigenvalue weighted by Crippen LogP contribution is -2.42. The molecule has 2 rings (SSSR count). The van der Waals surface area contributed by atoms with Crippen molar-refractivity contribution in [1.82, 2.24) is 4.90 Å². The zero-order chi connectivity index (χ0) is 15.8. The van der Waals surface area contributed by atoms with Gasteiger partial charge in [0, 0.05) is 24.2 Å². The van der Waals surface area contributed by atoms with E-state index in [0.29, 0.717) is 13.0 Å². The quantitative estimate of drug-likeness (QED) is 0.909. The Morgan fingerprint density at radius 3 is 2.24 bits per heavy atom. The number of carbonyl (C=O) groups is 2. The molecule has 1 aliphatic rings. The Kier molecular flexibility index (Phi) is 4.08. The summed E-state index contributed by atoms with van der Waals surface area (Å²) in [6.45, 7) is 10.5. The molecule has 1 aliphatic heterocycles. The molecule has 0 spiro atoms. The molecule has 0 bridgehead atoms. The van der Waals surface area contributed by atoms with E-state index in [0.717, 1.165) is 16.8 Å². The molecule has 0 aromatic heterocycles. The highest BCUT2D eigenvalue weighted by molar-refractivity contribution is 5.97. The first-order valence-electron chi connectivity index (χ1n) is 7.36. The summed E-state index contributed by atoms with van der Waals surface area (Å²) < 4.78 is 0. The van der Waals surface area contributed by atoms with Crippen molar-refractivity contribution >= 4 is 17.5 Å². The molecule has 1 aromatic rings. The third-order valence-corrected chi connectivity index (χ3v) is 3.79. The van der Waals surface area contributed by atoms with Gasteiger partial charge < -0.3 is 10.2 Å². The van der Waals surface area contributed by atoms with Gasteiger partial charge in [-0.25, -0.2) is 0 Å². The Bertz CT molecular complexity index is 552. The molecule has 1 aromatic carbocycles. The van der Waals surface area contributed by atoms with Crippen LogP contribution in [0.15, 0.2) is 18.2 Å². The highest BCUT2D eigenvalue weighted by Crippen LogP contribution is 2.27. The van der Waals surface area contributed by atoms with Crippen LogP contribution in [0, 0.1) is 19.8 Å². The first-order chi connectivity index (χ1) is 9.66.